The summed E-state index contributed by atoms with van der Waals surface area (Å²) in [7, 11) is 0. The van der Waals surface area contributed by atoms with E-state index in [0.717, 1.165) is 41.4 Å². The van der Waals surface area contributed by atoms with Crippen LogP contribution in [-0.2, 0) is 6.54 Å². The van der Waals surface area contributed by atoms with Gasteiger partial charge in [0.25, 0.3) is 11.5 Å². The molecule has 0 unspecified atom stereocenters. The fourth-order valence-corrected chi connectivity index (χ4v) is 3.79. The molecule has 0 radical (unpaired) electrons. The van der Waals surface area contributed by atoms with Gasteiger partial charge in [0.05, 0.1) is 10.6 Å². The van der Waals surface area contributed by atoms with Crippen LogP contribution in [0.5, 0.6) is 0 Å². The Kier molecular flexibility index (Phi) is 4.61. The minimum Gasteiger partial charge on any atom is -0.338 e. The fraction of sp³-hybridized carbons (Fsp3) is 0.471. The lowest BCUT2D eigenvalue weighted by Crippen LogP contribution is -2.40. The van der Waals surface area contributed by atoms with Crippen LogP contribution in [-0.4, -0.2) is 33.7 Å². The maximum atomic E-state index is 12.4. The van der Waals surface area contributed by atoms with E-state index in [1.165, 1.54) is 0 Å². The van der Waals surface area contributed by atoms with E-state index in [4.69, 9.17) is 0 Å². The van der Waals surface area contributed by atoms with E-state index in [-0.39, 0.29) is 11.5 Å². The van der Waals surface area contributed by atoms with E-state index in [0.29, 0.717) is 12.5 Å². The van der Waals surface area contributed by atoms with Crippen LogP contribution in [0.3, 0.4) is 0 Å². The van der Waals surface area contributed by atoms with Crippen LogP contribution in [0.4, 0.5) is 0 Å². The number of piperidine rings is 1. The molecule has 0 aromatic carbocycles. The van der Waals surface area contributed by atoms with Crippen molar-refractivity contribution in [3.63, 3.8) is 0 Å². The van der Waals surface area contributed by atoms with Crippen molar-refractivity contribution in [3.8, 4) is 0 Å². The van der Waals surface area contributed by atoms with Gasteiger partial charge in [0.2, 0.25) is 0 Å². The molecule has 1 amide bonds. The number of carbonyl (C=O) groups excluding carboxylic acids is 1. The van der Waals surface area contributed by atoms with Gasteiger partial charge in [-0.3, -0.25) is 9.59 Å². The van der Waals surface area contributed by atoms with Gasteiger partial charge in [-0.15, -0.1) is 11.3 Å². The lowest BCUT2D eigenvalue weighted by Gasteiger charge is -2.31. The van der Waals surface area contributed by atoms with E-state index in [9.17, 15) is 9.59 Å². The molecule has 122 valence electrons. The molecule has 3 rings (SSSR count). The van der Waals surface area contributed by atoms with E-state index in [1.54, 1.807) is 28.2 Å². The Labute approximate surface area is 139 Å². The number of amides is 1. The second-order valence-corrected chi connectivity index (χ2v) is 7.43. The summed E-state index contributed by atoms with van der Waals surface area (Å²) in [6.07, 6.45) is 1.83. The van der Waals surface area contributed by atoms with Crippen molar-refractivity contribution in [2.45, 2.75) is 33.2 Å². The maximum Gasteiger partial charge on any atom is 0.266 e. The second-order valence-electron chi connectivity index (χ2n) is 6.14. The zero-order valence-electron chi connectivity index (χ0n) is 13.5. The standard InChI is InChI=1S/C17H21N3O2S/c1-12-3-6-16(21)20(18-12)11-14-7-9-19(10-8-14)17(22)15-5-4-13(2)23-15/h3-6,14H,7-11H2,1-2H3. The molecule has 5 nitrogen and oxygen atoms in total. The van der Waals surface area contributed by atoms with Gasteiger partial charge >= 0.3 is 0 Å². The molecular formula is C17H21N3O2S. The molecule has 0 aliphatic carbocycles. The lowest BCUT2D eigenvalue weighted by molar-refractivity contribution is 0.0685. The number of likely N-dealkylation sites (tertiary alicyclic amines) is 1. The third-order valence-electron chi connectivity index (χ3n) is 4.28. The van der Waals surface area contributed by atoms with E-state index < -0.39 is 0 Å². The molecule has 6 heteroatoms. The number of aromatic nitrogens is 2. The predicted molar refractivity (Wildman–Crippen MR) is 90.9 cm³/mol. The summed E-state index contributed by atoms with van der Waals surface area (Å²) in [5.41, 5.74) is 0.799. The smallest absolute Gasteiger partial charge is 0.266 e. The third-order valence-corrected chi connectivity index (χ3v) is 5.27. The average molecular weight is 331 g/mol. The van der Waals surface area contributed by atoms with Crippen molar-refractivity contribution in [2.24, 2.45) is 5.92 Å². The molecule has 2 aromatic heterocycles. The van der Waals surface area contributed by atoms with Gasteiger partial charge < -0.3 is 4.90 Å². The Morgan fingerprint density at radius 3 is 2.61 bits per heavy atom. The number of hydrogen-bond acceptors (Lipinski definition) is 4. The molecule has 0 N–H and O–H groups in total. The average Bonchev–Trinajstić information content (AvgIpc) is 2.97. The monoisotopic (exact) mass is 331 g/mol. The number of thiophene rings is 1. The molecule has 0 spiro atoms. The highest BCUT2D eigenvalue weighted by Gasteiger charge is 2.25. The summed E-state index contributed by atoms with van der Waals surface area (Å²) in [4.78, 5) is 28.2. The van der Waals surface area contributed by atoms with Gasteiger partial charge in [0.1, 0.15) is 0 Å². The van der Waals surface area contributed by atoms with Gasteiger partial charge in [0.15, 0.2) is 0 Å². The first kappa shape index (κ1) is 15.9. The zero-order chi connectivity index (χ0) is 16.4. The molecule has 0 saturated carbocycles. The van der Waals surface area contributed by atoms with Crippen LogP contribution < -0.4 is 5.56 Å². The second kappa shape index (κ2) is 6.66. The number of rotatable bonds is 3. The molecule has 1 aliphatic rings. The third kappa shape index (κ3) is 3.69. The summed E-state index contributed by atoms with van der Waals surface area (Å²) >= 11 is 1.55. The first-order valence-corrected chi connectivity index (χ1v) is 8.75. The summed E-state index contributed by atoms with van der Waals surface area (Å²) in [6, 6.07) is 7.20. The van der Waals surface area contributed by atoms with Crippen molar-refractivity contribution in [1.82, 2.24) is 14.7 Å². The van der Waals surface area contributed by atoms with Gasteiger partial charge in [-0.1, -0.05) is 0 Å². The van der Waals surface area contributed by atoms with Crippen LogP contribution >= 0.6 is 11.3 Å². The lowest BCUT2D eigenvalue weighted by atomic mass is 9.96. The van der Waals surface area contributed by atoms with Crippen molar-refractivity contribution in [3.05, 3.63) is 50.1 Å². The largest absolute Gasteiger partial charge is 0.338 e. The van der Waals surface area contributed by atoms with Crippen LogP contribution in [0.1, 0.15) is 33.1 Å². The number of nitrogens with zero attached hydrogens (tertiary/aromatic N) is 3. The van der Waals surface area contributed by atoms with E-state index in [2.05, 4.69) is 5.10 Å². The number of carbonyl (C=O) groups is 1. The van der Waals surface area contributed by atoms with Crippen LogP contribution in [0.25, 0.3) is 0 Å². The summed E-state index contributed by atoms with van der Waals surface area (Å²) in [5.74, 6) is 0.531. The summed E-state index contributed by atoms with van der Waals surface area (Å²) in [6.45, 7) is 6.04. The zero-order valence-corrected chi connectivity index (χ0v) is 14.3. The van der Waals surface area contributed by atoms with Crippen LogP contribution in [0, 0.1) is 19.8 Å². The van der Waals surface area contributed by atoms with Gasteiger partial charge in [-0.05, 0) is 50.8 Å². The van der Waals surface area contributed by atoms with Gasteiger partial charge in [0, 0.05) is 30.6 Å². The topological polar surface area (TPSA) is 55.2 Å². The van der Waals surface area contributed by atoms with E-state index >= 15 is 0 Å². The highest BCUT2D eigenvalue weighted by atomic mass is 32.1. The SMILES string of the molecule is Cc1ccc(=O)n(CC2CCN(C(=O)c3ccc(C)s3)CC2)n1. The van der Waals surface area contributed by atoms with E-state index in [1.807, 2.05) is 30.9 Å². The Morgan fingerprint density at radius 2 is 1.96 bits per heavy atom. The molecule has 3 heterocycles. The Hall–Kier alpha value is -1.95. The number of hydrogen-bond donors (Lipinski definition) is 0. The quantitative estimate of drug-likeness (QED) is 0.868. The number of aryl methyl sites for hydroxylation is 2. The predicted octanol–water partition coefficient (Wildman–Crippen LogP) is 2.47. The van der Waals surface area contributed by atoms with Gasteiger partial charge in [-0.2, -0.15) is 5.10 Å². The Morgan fingerprint density at radius 1 is 1.22 bits per heavy atom. The van der Waals surface area contributed by atoms with Crippen molar-refractivity contribution < 1.29 is 4.79 Å². The highest BCUT2D eigenvalue weighted by molar-refractivity contribution is 7.13. The molecule has 0 bridgehead atoms. The first-order valence-electron chi connectivity index (χ1n) is 7.93. The van der Waals surface area contributed by atoms with Crippen molar-refractivity contribution in [1.29, 1.82) is 0 Å². The Balaban J connectivity index is 1.59. The minimum absolute atomic E-state index is 0.0526. The molecule has 2 aromatic rings. The van der Waals surface area contributed by atoms with Crippen molar-refractivity contribution >= 4 is 17.2 Å². The Bertz CT molecular complexity index is 757. The molecule has 23 heavy (non-hydrogen) atoms. The summed E-state index contributed by atoms with van der Waals surface area (Å²) < 4.78 is 1.56. The molecule has 0 atom stereocenters. The first-order chi connectivity index (χ1) is 11.0. The van der Waals surface area contributed by atoms with Crippen LogP contribution in [0.2, 0.25) is 0 Å². The molecular weight excluding hydrogens is 310 g/mol. The summed E-state index contributed by atoms with van der Waals surface area (Å²) in [5, 5.41) is 4.30. The molecule has 1 aliphatic heterocycles. The van der Waals surface area contributed by atoms with Crippen LogP contribution in [0.15, 0.2) is 29.1 Å². The van der Waals surface area contributed by atoms with Crippen molar-refractivity contribution in [2.75, 3.05) is 13.1 Å². The van der Waals surface area contributed by atoms with Gasteiger partial charge in [-0.25, -0.2) is 4.68 Å². The molecule has 1 fully saturated rings. The fourth-order valence-electron chi connectivity index (χ4n) is 2.95. The minimum atomic E-state index is -0.0526. The highest BCUT2D eigenvalue weighted by Crippen LogP contribution is 2.23. The maximum absolute atomic E-state index is 12.4. The normalized spacial score (nSPS) is 15.8. The molecule has 1 saturated heterocycles.